The third-order valence-corrected chi connectivity index (χ3v) is 3.70. The molecule has 0 unspecified atom stereocenters. The highest BCUT2D eigenvalue weighted by Crippen LogP contribution is 2.35. The van der Waals surface area contributed by atoms with Gasteiger partial charge in [-0.2, -0.15) is 4.98 Å². The lowest BCUT2D eigenvalue weighted by molar-refractivity contribution is -0.389. The van der Waals surface area contributed by atoms with Crippen LogP contribution in [0.4, 0.5) is 11.6 Å². The van der Waals surface area contributed by atoms with Crippen molar-refractivity contribution >= 4 is 35.0 Å². The predicted octanol–water partition coefficient (Wildman–Crippen LogP) is 3.54. The van der Waals surface area contributed by atoms with Gasteiger partial charge in [0.2, 0.25) is 5.95 Å². The molecule has 6 nitrogen and oxygen atoms in total. The maximum absolute atomic E-state index is 11.2. The van der Waals surface area contributed by atoms with Crippen molar-refractivity contribution < 1.29 is 4.92 Å². The number of benzene rings is 1. The van der Waals surface area contributed by atoms with E-state index in [1.54, 1.807) is 38.2 Å². The standard InChI is InChI=1S/C12H11ClN4O2S/c1-7-10(17(18)19)11(16-12(14-2)15-7)20-9-5-3-8(13)4-6-9/h3-6H,1-2H3,(H,14,15,16). The van der Waals surface area contributed by atoms with E-state index < -0.39 is 4.92 Å². The number of halogens is 1. The third-order valence-electron chi connectivity index (χ3n) is 2.46. The van der Waals surface area contributed by atoms with E-state index in [0.29, 0.717) is 21.7 Å². The number of hydrogen-bond acceptors (Lipinski definition) is 6. The number of anilines is 1. The summed E-state index contributed by atoms with van der Waals surface area (Å²) in [5.41, 5.74) is 0.245. The maximum Gasteiger partial charge on any atom is 0.322 e. The fraction of sp³-hybridized carbons (Fsp3) is 0.167. The second-order valence-corrected chi connectivity index (χ2v) is 5.35. The van der Waals surface area contributed by atoms with Crippen molar-refractivity contribution in [1.29, 1.82) is 0 Å². The van der Waals surface area contributed by atoms with Gasteiger partial charge in [-0.05, 0) is 31.2 Å². The molecule has 1 aromatic carbocycles. The van der Waals surface area contributed by atoms with E-state index in [2.05, 4.69) is 15.3 Å². The van der Waals surface area contributed by atoms with Gasteiger partial charge >= 0.3 is 5.69 Å². The molecule has 0 aliphatic rings. The van der Waals surface area contributed by atoms with Gasteiger partial charge in [-0.3, -0.25) is 10.1 Å². The summed E-state index contributed by atoms with van der Waals surface area (Å²) in [5.74, 6) is 0.351. The van der Waals surface area contributed by atoms with E-state index in [1.165, 1.54) is 11.8 Å². The Hall–Kier alpha value is -1.86. The van der Waals surface area contributed by atoms with E-state index in [0.717, 1.165) is 4.90 Å². The third kappa shape index (κ3) is 3.17. The van der Waals surface area contributed by atoms with Gasteiger partial charge in [-0.15, -0.1) is 0 Å². The van der Waals surface area contributed by atoms with Crippen LogP contribution in [0.1, 0.15) is 5.69 Å². The molecule has 8 heteroatoms. The van der Waals surface area contributed by atoms with Crippen molar-refractivity contribution in [2.75, 3.05) is 12.4 Å². The van der Waals surface area contributed by atoms with Crippen molar-refractivity contribution in [3.05, 3.63) is 45.1 Å². The van der Waals surface area contributed by atoms with Gasteiger partial charge in [0.05, 0.1) is 4.92 Å². The van der Waals surface area contributed by atoms with Gasteiger partial charge in [-0.25, -0.2) is 4.98 Å². The van der Waals surface area contributed by atoms with Crippen LogP contribution in [0.2, 0.25) is 5.02 Å². The maximum atomic E-state index is 11.2. The van der Waals surface area contributed by atoms with E-state index >= 15 is 0 Å². The van der Waals surface area contributed by atoms with Gasteiger partial charge in [0.1, 0.15) is 5.69 Å². The Kier molecular flexibility index (Phi) is 4.41. The lowest BCUT2D eigenvalue weighted by atomic mass is 10.4. The molecule has 0 radical (unpaired) electrons. The molecule has 20 heavy (non-hydrogen) atoms. The Bertz CT molecular complexity index is 649. The van der Waals surface area contributed by atoms with Crippen molar-refractivity contribution in [1.82, 2.24) is 9.97 Å². The Morgan fingerprint density at radius 1 is 1.30 bits per heavy atom. The highest BCUT2D eigenvalue weighted by atomic mass is 35.5. The number of hydrogen-bond donors (Lipinski definition) is 1. The summed E-state index contributed by atoms with van der Waals surface area (Å²) < 4.78 is 0. The fourth-order valence-electron chi connectivity index (χ4n) is 1.55. The topological polar surface area (TPSA) is 81.0 Å². The monoisotopic (exact) mass is 310 g/mol. The molecule has 2 rings (SSSR count). The average molecular weight is 311 g/mol. The number of nitrogens with zero attached hydrogens (tertiary/aromatic N) is 3. The fourth-order valence-corrected chi connectivity index (χ4v) is 2.62. The SMILES string of the molecule is CNc1nc(C)c([N+](=O)[O-])c(Sc2ccc(Cl)cc2)n1. The summed E-state index contributed by atoms with van der Waals surface area (Å²) >= 11 is 7.02. The van der Waals surface area contributed by atoms with Crippen LogP contribution in [0.3, 0.4) is 0 Å². The van der Waals surface area contributed by atoms with Crippen LogP contribution in [0.15, 0.2) is 34.2 Å². The molecule has 1 N–H and O–H groups in total. The van der Waals surface area contributed by atoms with E-state index in [4.69, 9.17) is 11.6 Å². The van der Waals surface area contributed by atoms with Crippen molar-refractivity contribution in [2.45, 2.75) is 16.8 Å². The van der Waals surface area contributed by atoms with Gasteiger partial charge in [0, 0.05) is 17.0 Å². The zero-order valence-corrected chi connectivity index (χ0v) is 12.3. The lowest BCUT2D eigenvalue weighted by Gasteiger charge is -2.06. The van der Waals surface area contributed by atoms with Crippen LogP contribution in [-0.4, -0.2) is 21.9 Å². The summed E-state index contributed by atoms with van der Waals surface area (Å²) in [6.45, 7) is 1.59. The van der Waals surface area contributed by atoms with Crippen LogP contribution < -0.4 is 5.32 Å². The van der Waals surface area contributed by atoms with Gasteiger partial charge in [0.15, 0.2) is 5.03 Å². The van der Waals surface area contributed by atoms with Crippen LogP contribution in [0.25, 0.3) is 0 Å². The number of aromatic nitrogens is 2. The molecule has 0 saturated heterocycles. The van der Waals surface area contributed by atoms with E-state index in [-0.39, 0.29) is 5.69 Å². The van der Waals surface area contributed by atoms with Crippen LogP contribution in [0, 0.1) is 17.0 Å². The van der Waals surface area contributed by atoms with Gasteiger partial charge < -0.3 is 5.32 Å². The molecule has 104 valence electrons. The minimum atomic E-state index is -0.465. The largest absolute Gasteiger partial charge is 0.357 e. The molecular weight excluding hydrogens is 300 g/mol. The van der Waals surface area contributed by atoms with Crippen LogP contribution in [-0.2, 0) is 0 Å². The Morgan fingerprint density at radius 3 is 2.50 bits per heavy atom. The summed E-state index contributed by atoms with van der Waals surface area (Å²) in [7, 11) is 1.66. The van der Waals surface area contributed by atoms with E-state index in [1.807, 2.05) is 0 Å². The van der Waals surface area contributed by atoms with Gasteiger partial charge in [-0.1, -0.05) is 23.4 Å². The molecule has 0 amide bonds. The molecule has 0 fully saturated rings. The predicted molar refractivity (Wildman–Crippen MR) is 78.5 cm³/mol. The molecule has 0 aliphatic heterocycles. The molecule has 0 bridgehead atoms. The summed E-state index contributed by atoms with van der Waals surface area (Å²) in [5, 5.41) is 14.9. The first-order valence-corrected chi connectivity index (χ1v) is 6.85. The summed E-state index contributed by atoms with van der Waals surface area (Å²) in [6.07, 6.45) is 0. The molecule has 0 saturated carbocycles. The average Bonchev–Trinajstić information content (AvgIpc) is 2.40. The van der Waals surface area contributed by atoms with Crippen molar-refractivity contribution in [3.8, 4) is 0 Å². The molecule has 1 aromatic heterocycles. The number of aryl methyl sites for hydroxylation is 1. The summed E-state index contributed by atoms with van der Waals surface area (Å²) in [6, 6.07) is 7.02. The quantitative estimate of drug-likeness (QED) is 0.528. The van der Waals surface area contributed by atoms with Crippen molar-refractivity contribution in [2.24, 2.45) is 0 Å². The second kappa shape index (κ2) is 6.06. The minimum absolute atomic E-state index is 0.0797. The Labute approximate surface area is 124 Å². The molecule has 1 heterocycles. The molecule has 2 aromatic rings. The smallest absolute Gasteiger partial charge is 0.322 e. The normalized spacial score (nSPS) is 10.3. The lowest BCUT2D eigenvalue weighted by Crippen LogP contribution is -2.04. The second-order valence-electron chi connectivity index (χ2n) is 3.85. The minimum Gasteiger partial charge on any atom is -0.357 e. The Morgan fingerprint density at radius 2 is 1.95 bits per heavy atom. The first-order chi connectivity index (χ1) is 9.51. The molecule has 0 aliphatic carbocycles. The zero-order valence-electron chi connectivity index (χ0n) is 10.8. The van der Waals surface area contributed by atoms with E-state index in [9.17, 15) is 10.1 Å². The number of nitro groups is 1. The highest BCUT2D eigenvalue weighted by molar-refractivity contribution is 7.99. The first kappa shape index (κ1) is 14.5. The highest BCUT2D eigenvalue weighted by Gasteiger charge is 2.22. The molecule has 0 spiro atoms. The van der Waals surface area contributed by atoms with Crippen LogP contribution >= 0.6 is 23.4 Å². The summed E-state index contributed by atoms with van der Waals surface area (Å²) in [4.78, 5) is 19.7. The molecule has 0 atom stereocenters. The first-order valence-electron chi connectivity index (χ1n) is 5.65. The zero-order chi connectivity index (χ0) is 14.7. The van der Waals surface area contributed by atoms with Gasteiger partial charge in [0.25, 0.3) is 0 Å². The van der Waals surface area contributed by atoms with Crippen LogP contribution in [0.5, 0.6) is 0 Å². The van der Waals surface area contributed by atoms with Crippen molar-refractivity contribution in [3.63, 3.8) is 0 Å². The Balaban J connectivity index is 2.45. The number of rotatable bonds is 4. The molecular formula is C12H11ClN4O2S. The number of nitrogens with one attached hydrogen (secondary N) is 1.